The van der Waals surface area contributed by atoms with Crippen LogP contribution >= 0.6 is 0 Å². The minimum absolute atomic E-state index is 0.00517. The molecule has 0 aliphatic heterocycles. The van der Waals surface area contributed by atoms with E-state index in [0.717, 1.165) is 11.1 Å². The minimum atomic E-state index is -0.553. The van der Waals surface area contributed by atoms with Gasteiger partial charge in [-0.3, -0.25) is 9.59 Å². The smallest absolute Gasteiger partial charge is 0.407 e. The Morgan fingerprint density at radius 2 is 1.21 bits per heavy atom. The molecule has 2 aromatic rings. The number of carbonyl (C=O) groups is 3. The lowest BCUT2D eigenvalue weighted by Gasteiger charge is -2.08. The molecule has 28 heavy (non-hydrogen) atoms. The van der Waals surface area contributed by atoms with Crippen LogP contribution in [0.1, 0.15) is 24.0 Å². The molecule has 0 aliphatic rings. The average Bonchev–Trinajstić information content (AvgIpc) is 2.74. The van der Waals surface area contributed by atoms with Gasteiger partial charge >= 0.3 is 12.1 Å². The molecule has 2 rings (SSSR count). The van der Waals surface area contributed by atoms with Gasteiger partial charge in [0.15, 0.2) is 0 Å². The number of nitrogens with one attached hydrogen (secondary N) is 2. The van der Waals surface area contributed by atoms with Crippen LogP contribution in [0.3, 0.4) is 0 Å². The molecule has 0 bridgehead atoms. The molecule has 0 heterocycles. The van der Waals surface area contributed by atoms with Gasteiger partial charge in [-0.15, -0.1) is 0 Å². The zero-order valence-corrected chi connectivity index (χ0v) is 15.6. The van der Waals surface area contributed by atoms with Crippen LogP contribution in [0.25, 0.3) is 0 Å². The maximum atomic E-state index is 11.7. The van der Waals surface area contributed by atoms with Crippen LogP contribution < -0.4 is 10.6 Å². The standard InChI is InChI=1S/C21H24N2O5/c24-19(11-12-20(25)27-15-17-7-3-1-4-8-17)22-13-14-23-21(26)28-16-18-9-5-2-6-10-18/h1-10H,11-16H2,(H,22,24)(H,23,26). The van der Waals surface area contributed by atoms with Crippen LogP contribution in [-0.2, 0) is 32.3 Å². The number of esters is 1. The molecular weight excluding hydrogens is 360 g/mol. The van der Waals surface area contributed by atoms with Gasteiger partial charge in [0.05, 0.1) is 6.42 Å². The highest BCUT2D eigenvalue weighted by molar-refractivity contribution is 5.81. The van der Waals surface area contributed by atoms with Gasteiger partial charge in [-0.05, 0) is 11.1 Å². The van der Waals surface area contributed by atoms with E-state index in [0.29, 0.717) is 0 Å². The largest absolute Gasteiger partial charge is 0.461 e. The molecule has 7 heteroatoms. The third-order valence-corrected chi connectivity index (χ3v) is 3.73. The summed E-state index contributed by atoms with van der Waals surface area (Å²) in [5.74, 6) is -0.710. The first-order chi connectivity index (χ1) is 13.6. The van der Waals surface area contributed by atoms with E-state index in [2.05, 4.69) is 10.6 Å². The molecule has 0 aromatic heterocycles. The zero-order valence-electron chi connectivity index (χ0n) is 15.6. The van der Waals surface area contributed by atoms with E-state index >= 15 is 0 Å². The first kappa shape index (κ1) is 21.0. The molecule has 0 fully saturated rings. The summed E-state index contributed by atoms with van der Waals surface area (Å²) in [6.07, 6.45) is -0.514. The van der Waals surface area contributed by atoms with Crippen LogP contribution in [-0.4, -0.2) is 31.1 Å². The van der Waals surface area contributed by atoms with E-state index in [4.69, 9.17) is 9.47 Å². The fourth-order valence-electron chi connectivity index (χ4n) is 2.25. The summed E-state index contributed by atoms with van der Waals surface area (Å²) in [4.78, 5) is 34.9. The molecule has 0 spiro atoms. The van der Waals surface area contributed by atoms with Gasteiger partial charge in [0, 0.05) is 19.5 Å². The number of hydrogen-bond donors (Lipinski definition) is 2. The van der Waals surface area contributed by atoms with Crippen molar-refractivity contribution in [3.05, 3.63) is 71.8 Å². The first-order valence-corrected chi connectivity index (χ1v) is 9.04. The second kappa shape index (κ2) is 12.1. The fraction of sp³-hybridized carbons (Fsp3) is 0.286. The maximum absolute atomic E-state index is 11.7. The van der Waals surface area contributed by atoms with Crippen molar-refractivity contribution in [3.8, 4) is 0 Å². The van der Waals surface area contributed by atoms with E-state index in [9.17, 15) is 14.4 Å². The number of amides is 2. The Kier molecular flexibility index (Phi) is 9.06. The Balaban J connectivity index is 1.49. The zero-order chi connectivity index (χ0) is 20.0. The number of alkyl carbamates (subject to hydrolysis) is 1. The molecule has 148 valence electrons. The summed E-state index contributed by atoms with van der Waals surface area (Å²) >= 11 is 0. The lowest BCUT2D eigenvalue weighted by atomic mass is 10.2. The number of rotatable bonds is 10. The summed E-state index contributed by atoms with van der Waals surface area (Å²) < 4.78 is 10.2. The molecule has 0 saturated heterocycles. The Bertz CT molecular complexity index is 750. The van der Waals surface area contributed by atoms with Crippen LogP contribution in [0.4, 0.5) is 4.79 Å². The quantitative estimate of drug-likeness (QED) is 0.485. The van der Waals surface area contributed by atoms with Crippen LogP contribution in [0.2, 0.25) is 0 Å². The molecule has 2 aromatic carbocycles. The number of hydrogen-bond acceptors (Lipinski definition) is 5. The highest BCUT2D eigenvalue weighted by Crippen LogP contribution is 2.03. The molecular formula is C21H24N2O5. The number of ether oxygens (including phenoxy) is 2. The fourth-order valence-corrected chi connectivity index (χ4v) is 2.25. The van der Waals surface area contributed by atoms with Gasteiger partial charge in [0.25, 0.3) is 0 Å². The minimum Gasteiger partial charge on any atom is -0.461 e. The Labute approximate surface area is 164 Å². The summed E-state index contributed by atoms with van der Waals surface area (Å²) in [5.41, 5.74) is 1.79. The van der Waals surface area contributed by atoms with Gasteiger partial charge in [-0.1, -0.05) is 60.7 Å². The third-order valence-electron chi connectivity index (χ3n) is 3.73. The van der Waals surface area contributed by atoms with E-state index in [1.165, 1.54) is 0 Å². The first-order valence-electron chi connectivity index (χ1n) is 9.04. The van der Waals surface area contributed by atoms with Gasteiger partial charge in [-0.2, -0.15) is 0 Å². The van der Waals surface area contributed by atoms with E-state index in [-0.39, 0.29) is 45.1 Å². The second-order valence-corrected chi connectivity index (χ2v) is 5.98. The van der Waals surface area contributed by atoms with Gasteiger partial charge < -0.3 is 20.1 Å². The average molecular weight is 384 g/mol. The Morgan fingerprint density at radius 3 is 1.82 bits per heavy atom. The molecule has 7 nitrogen and oxygen atoms in total. The van der Waals surface area contributed by atoms with Crippen molar-refractivity contribution in [2.75, 3.05) is 13.1 Å². The predicted molar refractivity (Wildman–Crippen MR) is 103 cm³/mol. The van der Waals surface area contributed by atoms with Crippen molar-refractivity contribution in [1.29, 1.82) is 0 Å². The second-order valence-electron chi connectivity index (χ2n) is 5.98. The van der Waals surface area contributed by atoms with Crippen molar-refractivity contribution < 1.29 is 23.9 Å². The monoisotopic (exact) mass is 384 g/mol. The van der Waals surface area contributed by atoms with Crippen LogP contribution in [0.15, 0.2) is 60.7 Å². The highest BCUT2D eigenvalue weighted by Gasteiger charge is 2.08. The summed E-state index contributed by atoms with van der Waals surface area (Å²) in [5, 5.41) is 5.17. The van der Waals surface area contributed by atoms with E-state index in [1.807, 2.05) is 60.7 Å². The lowest BCUT2D eigenvalue weighted by molar-refractivity contribution is -0.146. The maximum Gasteiger partial charge on any atom is 0.407 e. The molecule has 0 atom stereocenters. The molecule has 2 amide bonds. The number of carbonyl (C=O) groups excluding carboxylic acids is 3. The molecule has 0 radical (unpaired) electrons. The van der Waals surface area contributed by atoms with Crippen LogP contribution in [0.5, 0.6) is 0 Å². The van der Waals surface area contributed by atoms with Crippen molar-refractivity contribution in [2.24, 2.45) is 0 Å². The normalized spacial score (nSPS) is 10.0. The Morgan fingerprint density at radius 1 is 0.679 bits per heavy atom. The van der Waals surface area contributed by atoms with Crippen molar-refractivity contribution in [1.82, 2.24) is 10.6 Å². The van der Waals surface area contributed by atoms with Crippen molar-refractivity contribution in [3.63, 3.8) is 0 Å². The van der Waals surface area contributed by atoms with Gasteiger partial charge in [-0.25, -0.2) is 4.79 Å². The van der Waals surface area contributed by atoms with Gasteiger partial charge in [0.1, 0.15) is 13.2 Å². The molecule has 0 unspecified atom stereocenters. The lowest BCUT2D eigenvalue weighted by Crippen LogP contribution is -2.35. The van der Waals surface area contributed by atoms with E-state index < -0.39 is 12.1 Å². The third kappa shape index (κ3) is 8.84. The summed E-state index contributed by atoms with van der Waals surface area (Å²) in [7, 11) is 0. The predicted octanol–water partition coefficient (Wildman–Crippen LogP) is 2.55. The molecule has 2 N–H and O–H groups in total. The SMILES string of the molecule is O=C(CCC(=O)OCc1ccccc1)NCCNC(=O)OCc1ccccc1. The number of benzene rings is 2. The summed E-state index contributed by atoms with van der Waals surface area (Å²) in [6, 6.07) is 18.7. The summed E-state index contributed by atoms with van der Waals surface area (Å²) in [6.45, 7) is 0.858. The highest BCUT2D eigenvalue weighted by atomic mass is 16.5. The van der Waals surface area contributed by atoms with Crippen molar-refractivity contribution in [2.45, 2.75) is 26.1 Å². The van der Waals surface area contributed by atoms with E-state index in [1.54, 1.807) is 0 Å². The topological polar surface area (TPSA) is 93.7 Å². The van der Waals surface area contributed by atoms with Gasteiger partial charge in [0.2, 0.25) is 5.91 Å². The Hall–Kier alpha value is -3.35. The molecule has 0 saturated carbocycles. The van der Waals surface area contributed by atoms with Crippen LogP contribution in [0, 0.1) is 0 Å². The van der Waals surface area contributed by atoms with Crippen molar-refractivity contribution >= 4 is 18.0 Å². The molecule has 0 aliphatic carbocycles.